The standard InChI is InChI=1S/C15H20O2Se/c1-3-5-11-14(15(16)17-12-4-2)18-13-9-7-6-8-10-13/h4,6-10,14H,2-3,5,11-12H2,1H3. The zero-order valence-electron chi connectivity index (χ0n) is 10.8. The van der Waals surface area contributed by atoms with E-state index in [-0.39, 0.29) is 25.7 Å². The van der Waals surface area contributed by atoms with E-state index in [0.717, 1.165) is 19.3 Å². The van der Waals surface area contributed by atoms with Crippen LogP contribution in [0.3, 0.4) is 0 Å². The van der Waals surface area contributed by atoms with Crippen LogP contribution in [-0.4, -0.2) is 27.5 Å². The van der Waals surface area contributed by atoms with Crippen molar-refractivity contribution in [1.82, 2.24) is 0 Å². The van der Waals surface area contributed by atoms with Crippen LogP contribution in [0.2, 0.25) is 4.82 Å². The van der Waals surface area contributed by atoms with E-state index in [9.17, 15) is 4.79 Å². The van der Waals surface area contributed by atoms with Crippen molar-refractivity contribution in [2.75, 3.05) is 6.61 Å². The minimum atomic E-state index is -0.0767. The summed E-state index contributed by atoms with van der Waals surface area (Å²) in [4.78, 5) is 12.0. The van der Waals surface area contributed by atoms with Crippen LogP contribution in [0.15, 0.2) is 43.0 Å². The van der Waals surface area contributed by atoms with Gasteiger partial charge in [0.25, 0.3) is 0 Å². The van der Waals surface area contributed by atoms with E-state index in [2.05, 4.69) is 25.6 Å². The number of carbonyl (C=O) groups is 1. The predicted octanol–water partition coefficient (Wildman–Crippen LogP) is 2.72. The average molecular weight is 311 g/mol. The summed E-state index contributed by atoms with van der Waals surface area (Å²) in [5.74, 6) is -0.0767. The monoisotopic (exact) mass is 312 g/mol. The number of hydrogen-bond donors (Lipinski definition) is 0. The third-order valence-electron chi connectivity index (χ3n) is 2.45. The molecule has 0 aliphatic carbocycles. The molecule has 3 heteroatoms. The molecule has 1 aromatic rings. The predicted molar refractivity (Wildman–Crippen MR) is 76.3 cm³/mol. The van der Waals surface area contributed by atoms with Gasteiger partial charge in [0.1, 0.15) is 0 Å². The number of carbonyl (C=O) groups excluding carboxylic acids is 1. The maximum atomic E-state index is 12.0. The van der Waals surface area contributed by atoms with Crippen LogP contribution in [0.4, 0.5) is 0 Å². The van der Waals surface area contributed by atoms with E-state index in [1.807, 2.05) is 18.2 Å². The van der Waals surface area contributed by atoms with Gasteiger partial charge in [-0.25, -0.2) is 0 Å². The van der Waals surface area contributed by atoms with E-state index in [4.69, 9.17) is 4.74 Å². The van der Waals surface area contributed by atoms with Crippen LogP contribution in [-0.2, 0) is 9.53 Å². The zero-order valence-corrected chi connectivity index (χ0v) is 12.5. The van der Waals surface area contributed by atoms with Gasteiger partial charge in [-0.05, 0) is 0 Å². The van der Waals surface area contributed by atoms with E-state index >= 15 is 0 Å². The van der Waals surface area contributed by atoms with Crippen molar-refractivity contribution < 1.29 is 9.53 Å². The second kappa shape index (κ2) is 8.96. The van der Waals surface area contributed by atoms with E-state index < -0.39 is 0 Å². The molecule has 0 spiro atoms. The summed E-state index contributed by atoms with van der Waals surface area (Å²) in [5, 5.41) is 0. The van der Waals surface area contributed by atoms with Crippen molar-refractivity contribution >= 4 is 25.4 Å². The molecule has 98 valence electrons. The van der Waals surface area contributed by atoms with Crippen LogP contribution in [0.1, 0.15) is 26.2 Å². The van der Waals surface area contributed by atoms with Gasteiger partial charge in [0.15, 0.2) is 0 Å². The van der Waals surface area contributed by atoms with E-state index in [0.29, 0.717) is 6.61 Å². The SMILES string of the molecule is C=CCOC(=O)C(CCCC)[Se]c1ccccc1. The van der Waals surface area contributed by atoms with Crippen molar-refractivity contribution in [3.63, 3.8) is 0 Å². The molecule has 2 nitrogen and oxygen atoms in total. The molecule has 1 unspecified atom stereocenters. The molecule has 18 heavy (non-hydrogen) atoms. The summed E-state index contributed by atoms with van der Waals surface area (Å²) in [6, 6.07) is 10.2. The first-order valence-corrected chi connectivity index (χ1v) is 8.11. The van der Waals surface area contributed by atoms with Crippen LogP contribution in [0.5, 0.6) is 0 Å². The molecule has 1 aromatic carbocycles. The summed E-state index contributed by atoms with van der Waals surface area (Å²) in [6.45, 7) is 6.02. The molecule has 0 fully saturated rings. The Morgan fingerprint density at radius 3 is 2.78 bits per heavy atom. The Morgan fingerprint density at radius 2 is 2.17 bits per heavy atom. The maximum absolute atomic E-state index is 12.0. The van der Waals surface area contributed by atoms with Gasteiger partial charge in [-0.1, -0.05) is 0 Å². The molecule has 0 aliphatic rings. The van der Waals surface area contributed by atoms with Gasteiger partial charge in [0, 0.05) is 0 Å². The number of benzene rings is 1. The van der Waals surface area contributed by atoms with Gasteiger partial charge in [-0.15, -0.1) is 0 Å². The molecule has 0 amide bonds. The normalized spacial score (nSPS) is 11.8. The van der Waals surface area contributed by atoms with Gasteiger partial charge < -0.3 is 0 Å². The van der Waals surface area contributed by atoms with E-state index in [1.54, 1.807) is 6.08 Å². The van der Waals surface area contributed by atoms with Crippen molar-refractivity contribution in [2.24, 2.45) is 0 Å². The Balaban J connectivity index is 2.59. The first-order valence-electron chi connectivity index (χ1n) is 6.27. The average Bonchev–Trinajstić information content (AvgIpc) is 2.42. The Kier molecular flexibility index (Phi) is 7.47. The van der Waals surface area contributed by atoms with Gasteiger partial charge in [0.2, 0.25) is 0 Å². The first kappa shape index (κ1) is 15.0. The number of esters is 1. The zero-order chi connectivity index (χ0) is 13.2. The second-order valence-electron chi connectivity index (χ2n) is 3.98. The molecule has 0 saturated heterocycles. The second-order valence-corrected chi connectivity index (χ2v) is 6.66. The summed E-state index contributed by atoms with van der Waals surface area (Å²) in [7, 11) is 0. The fraction of sp³-hybridized carbons (Fsp3) is 0.400. The van der Waals surface area contributed by atoms with Gasteiger partial charge in [-0.3, -0.25) is 0 Å². The van der Waals surface area contributed by atoms with Crippen LogP contribution < -0.4 is 4.46 Å². The summed E-state index contributed by atoms with van der Waals surface area (Å²) in [6.07, 6.45) is 4.71. The van der Waals surface area contributed by atoms with Gasteiger partial charge in [0.05, 0.1) is 0 Å². The molecule has 0 N–H and O–H groups in total. The fourth-order valence-corrected chi connectivity index (χ4v) is 3.80. The fourth-order valence-electron chi connectivity index (χ4n) is 1.51. The van der Waals surface area contributed by atoms with E-state index in [1.165, 1.54) is 4.46 Å². The Bertz CT molecular complexity index is 362. The van der Waals surface area contributed by atoms with Crippen LogP contribution >= 0.6 is 0 Å². The molecule has 0 saturated carbocycles. The molecule has 1 rings (SSSR count). The molecule has 0 heterocycles. The Labute approximate surface area is 116 Å². The quantitative estimate of drug-likeness (QED) is 0.419. The molecule has 0 bridgehead atoms. The Hall–Kier alpha value is -1.05. The molecule has 0 aromatic heterocycles. The molecule has 0 aliphatic heterocycles. The number of hydrogen-bond acceptors (Lipinski definition) is 2. The van der Waals surface area contributed by atoms with Crippen LogP contribution in [0.25, 0.3) is 0 Å². The van der Waals surface area contributed by atoms with Crippen molar-refractivity contribution in [3.05, 3.63) is 43.0 Å². The Morgan fingerprint density at radius 1 is 1.44 bits per heavy atom. The third-order valence-corrected chi connectivity index (χ3v) is 5.09. The number of ether oxygens (including phenoxy) is 1. The molecular weight excluding hydrogens is 291 g/mol. The summed E-state index contributed by atoms with van der Waals surface area (Å²) < 4.78 is 6.43. The van der Waals surface area contributed by atoms with Crippen molar-refractivity contribution in [1.29, 1.82) is 0 Å². The third kappa shape index (κ3) is 5.52. The molecular formula is C15H20O2Se. The number of rotatable bonds is 8. The summed E-state index contributed by atoms with van der Waals surface area (Å²) >= 11 is 0.148. The molecule has 1 atom stereocenters. The van der Waals surface area contributed by atoms with Gasteiger partial charge in [-0.2, -0.15) is 0 Å². The first-order chi connectivity index (χ1) is 8.77. The minimum absolute atomic E-state index is 0.0276. The van der Waals surface area contributed by atoms with Crippen molar-refractivity contribution in [2.45, 2.75) is 31.0 Å². The topological polar surface area (TPSA) is 26.3 Å². The van der Waals surface area contributed by atoms with Gasteiger partial charge >= 0.3 is 116 Å². The molecule has 0 radical (unpaired) electrons. The van der Waals surface area contributed by atoms with Crippen LogP contribution in [0, 0.1) is 0 Å². The van der Waals surface area contributed by atoms with Crippen molar-refractivity contribution in [3.8, 4) is 0 Å². The summed E-state index contributed by atoms with van der Waals surface area (Å²) in [5.41, 5.74) is 0. The number of unbranched alkanes of at least 4 members (excludes halogenated alkanes) is 1.